The monoisotopic (exact) mass is 279 g/mol. The first kappa shape index (κ1) is 14.7. The number of para-hydroxylation sites is 1. The van der Waals surface area contributed by atoms with Crippen molar-refractivity contribution in [2.24, 2.45) is 0 Å². The third-order valence-corrected chi connectivity index (χ3v) is 5.23. The van der Waals surface area contributed by atoms with E-state index >= 15 is 0 Å². The lowest BCUT2D eigenvalue weighted by Gasteiger charge is -2.22. The fourth-order valence-electron chi connectivity index (χ4n) is 2.75. The average molecular weight is 279 g/mol. The van der Waals surface area contributed by atoms with Gasteiger partial charge in [-0.05, 0) is 25.5 Å². The molecule has 1 unspecified atom stereocenters. The molecular weight excluding hydrogens is 254 g/mol. The molecule has 0 bridgehead atoms. The van der Waals surface area contributed by atoms with Crippen molar-refractivity contribution in [1.82, 2.24) is 5.32 Å². The first-order valence-corrected chi connectivity index (χ1v) is 8.38. The molecule has 0 aliphatic heterocycles. The molecule has 1 saturated carbocycles. The highest BCUT2D eigenvalue weighted by Gasteiger charge is 2.20. The number of hydrogen-bond donors (Lipinski definition) is 1. The zero-order chi connectivity index (χ0) is 13.5. The second kappa shape index (κ2) is 7.81. The number of thioether (sulfide) groups is 1. The number of benzene rings is 1. The van der Waals surface area contributed by atoms with Crippen LogP contribution in [0.25, 0.3) is 0 Å². The van der Waals surface area contributed by atoms with Crippen LogP contribution in [0.5, 0.6) is 5.75 Å². The van der Waals surface area contributed by atoms with E-state index in [1.165, 1.54) is 31.2 Å². The Morgan fingerprint density at radius 3 is 2.74 bits per heavy atom. The van der Waals surface area contributed by atoms with Gasteiger partial charge in [-0.15, -0.1) is 0 Å². The van der Waals surface area contributed by atoms with Gasteiger partial charge < -0.3 is 10.1 Å². The quantitative estimate of drug-likeness (QED) is 0.814. The molecule has 0 radical (unpaired) electrons. The molecule has 2 nitrogen and oxygen atoms in total. The zero-order valence-electron chi connectivity index (χ0n) is 12.0. The maximum absolute atomic E-state index is 5.50. The molecule has 0 saturated heterocycles. The Morgan fingerprint density at radius 1 is 1.32 bits per heavy atom. The molecule has 19 heavy (non-hydrogen) atoms. The van der Waals surface area contributed by atoms with E-state index in [1.807, 2.05) is 6.07 Å². The van der Waals surface area contributed by atoms with Crippen LogP contribution in [0.1, 0.15) is 44.2 Å². The molecule has 1 N–H and O–H groups in total. The van der Waals surface area contributed by atoms with Crippen LogP contribution in [0.15, 0.2) is 24.3 Å². The standard InChI is InChI=1S/C16H25NOS/c1-3-17-15(12-19-13-8-4-5-9-13)14-10-6-7-11-16(14)18-2/h6-7,10-11,13,15,17H,3-5,8-9,12H2,1-2H3. The minimum Gasteiger partial charge on any atom is -0.496 e. The van der Waals surface area contributed by atoms with Crippen molar-refractivity contribution >= 4 is 11.8 Å². The molecule has 106 valence electrons. The van der Waals surface area contributed by atoms with Crippen LogP contribution in [-0.4, -0.2) is 24.7 Å². The van der Waals surface area contributed by atoms with Gasteiger partial charge in [0.05, 0.1) is 7.11 Å². The molecule has 1 aliphatic rings. The summed E-state index contributed by atoms with van der Waals surface area (Å²) in [6.45, 7) is 3.16. The van der Waals surface area contributed by atoms with Gasteiger partial charge in [0.2, 0.25) is 0 Å². The molecule has 0 spiro atoms. The molecular formula is C16H25NOS. The third kappa shape index (κ3) is 4.15. The van der Waals surface area contributed by atoms with Gasteiger partial charge in [-0.25, -0.2) is 0 Å². The van der Waals surface area contributed by atoms with Crippen molar-refractivity contribution in [3.8, 4) is 5.75 Å². The van der Waals surface area contributed by atoms with Crippen LogP contribution in [0.2, 0.25) is 0 Å². The Labute approximate surface area is 121 Å². The van der Waals surface area contributed by atoms with Gasteiger partial charge in [0, 0.05) is 22.6 Å². The molecule has 0 heterocycles. The molecule has 3 heteroatoms. The van der Waals surface area contributed by atoms with E-state index in [2.05, 4.69) is 42.2 Å². The van der Waals surface area contributed by atoms with Gasteiger partial charge in [0.15, 0.2) is 0 Å². The van der Waals surface area contributed by atoms with Crippen LogP contribution in [0.4, 0.5) is 0 Å². The van der Waals surface area contributed by atoms with Crippen LogP contribution < -0.4 is 10.1 Å². The van der Waals surface area contributed by atoms with E-state index in [4.69, 9.17) is 4.74 Å². The maximum atomic E-state index is 5.50. The highest BCUT2D eigenvalue weighted by molar-refractivity contribution is 7.99. The topological polar surface area (TPSA) is 21.3 Å². The second-order valence-electron chi connectivity index (χ2n) is 5.09. The SMILES string of the molecule is CCNC(CSC1CCCC1)c1ccccc1OC. The van der Waals surface area contributed by atoms with Crippen molar-refractivity contribution < 1.29 is 4.74 Å². The summed E-state index contributed by atoms with van der Waals surface area (Å²) >= 11 is 2.13. The summed E-state index contributed by atoms with van der Waals surface area (Å²) in [6.07, 6.45) is 5.63. The molecule has 0 amide bonds. The van der Waals surface area contributed by atoms with Gasteiger partial charge in [0.1, 0.15) is 5.75 Å². The van der Waals surface area contributed by atoms with Crippen molar-refractivity contribution in [3.05, 3.63) is 29.8 Å². The molecule has 1 aromatic rings. The lowest BCUT2D eigenvalue weighted by molar-refractivity contribution is 0.403. The number of ether oxygens (including phenoxy) is 1. The number of nitrogens with one attached hydrogen (secondary N) is 1. The summed E-state index contributed by atoms with van der Waals surface area (Å²) in [6, 6.07) is 8.77. The highest BCUT2D eigenvalue weighted by atomic mass is 32.2. The average Bonchev–Trinajstić information content (AvgIpc) is 2.96. The van der Waals surface area contributed by atoms with Gasteiger partial charge >= 0.3 is 0 Å². The summed E-state index contributed by atoms with van der Waals surface area (Å²) in [4.78, 5) is 0. The van der Waals surface area contributed by atoms with Gasteiger partial charge in [-0.2, -0.15) is 11.8 Å². The smallest absolute Gasteiger partial charge is 0.123 e. The lowest BCUT2D eigenvalue weighted by Crippen LogP contribution is -2.24. The van der Waals surface area contributed by atoms with Crippen LogP contribution in [-0.2, 0) is 0 Å². The summed E-state index contributed by atoms with van der Waals surface area (Å²) in [5.41, 5.74) is 1.29. The third-order valence-electron chi connectivity index (χ3n) is 3.77. The van der Waals surface area contributed by atoms with Crippen molar-refractivity contribution in [2.75, 3.05) is 19.4 Å². The van der Waals surface area contributed by atoms with Gasteiger partial charge in [-0.3, -0.25) is 0 Å². The van der Waals surface area contributed by atoms with Crippen molar-refractivity contribution in [3.63, 3.8) is 0 Å². The van der Waals surface area contributed by atoms with Gasteiger partial charge in [0.25, 0.3) is 0 Å². The Balaban J connectivity index is 2.01. The highest BCUT2D eigenvalue weighted by Crippen LogP contribution is 2.34. The molecule has 1 atom stereocenters. The Kier molecular flexibility index (Phi) is 6.05. The van der Waals surface area contributed by atoms with E-state index in [1.54, 1.807) is 7.11 Å². The predicted molar refractivity (Wildman–Crippen MR) is 84.1 cm³/mol. The normalized spacial score (nSPS) is 17.6. The number of rotatable bonds is 7. The van der Waals surface area contributed by atoms with Crippen LogP contribution in [0, 0.1) is 0 Å². The molecule has 1 aliphatic carbocycles. The molecule has 1 aromatic carbocycles. The molecule has 2 rings (SSSR count). The maximum Gasteiger partial charge on any atom is 0.123 e. The summed E-state index contributed by atoms with van der Waals surface area (Å²) in [5.74, 6) is 2.14. The Morgan fingerprint density at radius 2 is 2.05 bits per heavy atom. The van der Waals surface area contributed by atoms with E-state index in [0.29, 0.717) is 6.04 Å². The van der Waals surface area contributed by atoms with Crippen LogP contribution >= 0.6 is 11.8 Å². The Bertz CT molecular complexity index is 377. The zero-order valence-corrected chi connectivity index (χ0v) is 12.8. The van der Waals surface area contributed by atoms with E-state index in [-0.39, 0.29) is 0 Å². The first-order chi connectivity index (χ1) is 9.35. The summed E-state index contributed by atoms with van der Waals surface area (Å²) < 4.78 is 5.50. The minimum atomic E-state index is 0.395. The molecule has 0 aromatic heterocycles. The molecule has 1 fully saturated rings. The fourth-order valence-corrected chi connectivity index (χ4v) is 4.18. The number of hydrogen-bond acceptors (Lipinski definition) is 3. The predicted octanol–water partition coefficient (Wildman–Crippen LogP) is 4.02. The van der Waals surface area contributed by atoms with Crippen LogP contribution in [0.3, 0.4) is 0 Å². The Hall–Kier alpha value is -0.670. The first-order valence-electron chi connectivity index (χ1n) is 7.33. The van der Waals surface area contributed by atoms with Gasteiger partial charge in [-0.1, -0.05) is 38.0 Å². The summed E-state index contributed by atoms with van der Waals surface area (Å²) in [7, 11) is 1.76. The summed E-state index contributed by atoms with van der Waals surface area (Å²) in [5, 5.41) is 4.47. The van der Waals surface area contributed by atoms with Crippen molar-refractivity contribution in [1.29, 1.82) is 0 Å². The second-order valence-corrected chi connectivity index (χ2v) is 6.43. The van der Waals surface area contributed by atoms with Crippen molar-refractivity contribution in [2.45, 2.75) is 43.9 Å². The van der Waals surface area contributed by atoms with E-state index in [9.17, 15) is 0 Å². The minimum absolute atomic E-state index is 0.395. The number of methoxy groups -OCH3 is 1. The van der Waals surface area contributed by atoms with E-state index in [0.717, 1.165) is 23.3 Å². The lowest BCUT2D eigenvalue weighted by atomic mass is 10.1. The van der Waals surface area contributed by atoms with E-state index < -0.39 is 0 Å². The largest absolute Gasteiger partial charge is 0.496 e. The fraction of sp³-hybridized carbons (Fsp3) is 0.625.